The van der Waals surface area contributed by atoms with Crippen molar-refractivity contribution < 1.29 is 0 Å². The second-order valence-electron chi connectivity index (χ2n) is 4.21. The van der Waals surface area contributed by atoms with E-state index in [1.165, 1.54) is 12.8 Å². The largest absolute Gasteiger partial charge is 0.377 e. The Bertz CT molecular complexity index is 366. The van der Waals surface area contributed by atoms with E-state index in [4.69, 9.17) is 0 Å². The van der Waals surface area contributed by atoms with Gasteiger partial charge in [0.05, 0.1) is 0 Å². The minimum absolute atomic E-state index is 0.921. The maximum Gasteiger partial charge on any atom is 0.157 e. The van der Waals surface area contributed by atoms with E-state index >= 15 is 0 Å². The lowest BCUT2D eigenvalue weighted by Gasteiger charge is -2.27. The standard InChI is InChI=1S/C12H21N5/c1-3-5-8-17(4-2)12-10-11(15-9-16-12)14-7-6-13-10/h9,13H,3-8H2,1-2H3,(H,14,15,16). The van der Waals surface area contributed by atoms with Crippen LogP contribution >= 0.6 is 0 Å². The summed E-state index contributed by atoms with van der Waals surface area (Å²) in [6.07, 6.45) is 4.04. The maximum atomic E-state index is 4.43. The second-order valence-corrected chi connectivity index (χ2v) is 4.21. The van der Waals surface area contributed by atoms with E-state index in [9.17, 15) is 0 Å². The lowest BCUT2D eigenvalue weighted by molar-refractivity contribution is 0.722. The molecule has 0 saturated heterocycles. The van der Waals surface area contributed by atoms with Crippen molar-refractivity contribution in [3.05, 3.63) is 6.33 Å². The van der Waals surface area contributed by atoms with Crippen molar-refractivity contribution in [3.8, 4) is 0 Å². The molecule has 2 heterocycles. The molecule has 2 rings (SSSR count). The quantitative estimate of drug-likeness (QED) is 0.817. The van der Waals surface area contributed by atoms with Crippen LogP contribution in [0, 0.1) is 0 Å². The molecule has 5 heteroatoms. The summed E-state index contributed by atoms with van der Waals surface area (Å²) in [5.74, 6) is 1.95. The minimum Gasteiger partial charge on any atom is -0.377 e. The number of aromatic nitrogens is 2. The van der Waals surface area contributed by atoms with E-state index in [2.05, 4.69) is 39.3 Å². The van der Waals surface area contributed by atoms with Crippen LogP contribution in [0.4, 0.5) is 17.3 Å². The van der Waals surface area contributed by atoms with Gasteiger partial charge in [0.15, 0.2) is 11.6 Å². The normalized spacial score (nSPS) is 13.5. The molecular formula is C12H21N5. The molecule has 1 aliphatic heterocycles. The Balaban J connectivity index is 2.23. The zero-order valence-electron chi connectivity index (χ0n) is 10.7. The van der Waals surface area contributed by atoms with Crippen LogP contribution in [0.1, 0.15) is 26.7 Å². The third-order valence-electron chi connectivity index (χ3n) is 3.01. The molecule has 5 nitrogen and oxygen atoms in total. The van der Waals surface area contributed by atoms with E-state index in [-0.39, 0.29) is 0 Å². The highest BCUT2D eigenvalue weighted by molar-refractivity contribution is 5.78. The molecule has 1 aromatic rings. The number of unbranched alkanes of at least 4 members (excludes halogenated alkanes) is 1. The van der Waals surface area contributed by atoms with Crippen molar-refractivity contribution in [2.24, 2.45) is 0 Å². The molecule has 17 heavy (non-hydrogen) atoms. The minimum atomic E-state index is 0.921. The first-order valence-corrected chi connectivity index (χ1v) is 6.44. The Morgan fingerprint density at radius 3 is 2.82 bits per heavy atom. The topological polar surface area (TPSA) is 53.1 Å². The highest BCUT2D eigenvalue weighted by Crippen LogP contribution is 2.30. The molecule has 0 spiro atoms. The van der Waals surface area contributed by atoms with E-state index in [0.717, 1.165) is 43.5 Å². The first-order valence-electron chi connectivity index (χ1n) is 6.44. The van der Waals surface area contributed by atoms with E-state index in [1.54, 1.807) is 6.33 Å². The van der Waals surface area contributed by atoms with Crippen LogP contribution in [-0.2, 0) is 0 Å². The van der Waals surface area contributed by atoms with Crippen molar-refractivity contribution >= 4 is 17.3 Å². The zero-order chi connectivity index (χ0) is 12.1. The first-order chi connectivity index (χ1) is 8.36. The number of nitrogens with zero attached hydrogens (tertiary/aromatic N) is 3. The second kappa shape index (κ2) is 5.70. The van der Waals surface area contributed by atoms with Crippen molar-refractivity contribution in [2.75, 3.05) is 41.7 Å². The zero-order valence-corrected chi connectivity index (χ0v) is 10.7. The van der Waals surface area contributed by atoms with Gasteiger partial charge in [0.2, 0.25) is 0 Å². The number of nitrogens with one attached hydrogen (secondary N) is 2. The molecule has 0 radical (unpaired) electrons. The predicted molar refractivity (Wildman–Crippen MR) is 71.8 cm³/mol. The molecule has 0 aromatic carbocycles. The molecule has 0 amide bonds. The number of fused-ring (bicyclic) bond motifs is 1. The Morgan fingerprint density at radius 1 is 1.24 bits per heavy atom. The molecule has 0 saturated carbocycles. The highest BCUT2D eigenvalue weighted by atomic mass is 15.2. The molecule has 2 N–H and O–H groups in total. The summed E-state index contributed by atoms with van der Waals surface area (Å²) in [5, 5.41) is 6.69. The lowest BCUT2D eigenvalue weighted by Crippen LogP contribution is -2.29. The summed E-state index contributed by atoms with van der Waals surface area (Å²) in [6, 6.07) is 0. The molecule has 0 atom stereocenters. The fourth-order valence-corrected chi connectivity index (χ4v) is 2.04. The van der Waals surface area contributed by atoms with Gasteiger partial charge in [-0.05, 0) is 13.3 Å². The van der Waals surface area contributed by atoms with Gasteiger partial charge in [-0.1, -0.05) is 13.3 Å². The molecule has 1 aromatic heterocycles. The van der Waals surface area contributed by atoms with Crippen molar-refractivity contribution in [2.45, 2.75) is 26.7 Å². The molecular weight excluding hydrogens is 214 g/mol. The summed E-state index contributed by atoms with van der Waals surface area (Å²) >= 11 is 0. The average Bonchev–Trinajstić information content (AvgIpc) is 2.40. The Morgan fingerprint density at radius 2 is 2.06 bits per heavy atom. The van der Waals surface area contributed by atoms with Crippen LogP contribution in [0.5, 0.6) is 0 Å². The van der Waals surface area contributed by atoms with Crippen LogP contribution < -0.4 is 15.5 Å². The van der Waals surface area contributed by atoms with Crippen molar-refractivity contribution in [1.82, 2.24) is 9.97 Å². The average molecular weight is 235 g/mol. The predicted octanol–water partition coefficient (Wildman–Crippen LogP) is 1.94. The summed E-state index contributed by atoms with van der Waals surface area (Å²) in [4.78, 5) is 11.0. The Labute approximate surface area is 103 Å². The van der Waals surface area contributed by atoms with Gasteiger partial charge in [-0.15, -0.1) is 0 Å². The third-order valence-corrected chi connectivity index (χ3v) is 3.01. The van der Waals surface area contributed by atoms with Gasteiger partial charge < -0.3 is 15.5 Å². The highest BCUT2D eigenvalue weighted by Gasteiger charge is 2.18. The van der Waals surface area contributed by atoms with Gasteiger partial charge in [-0.25, -0.2) is 9.97 Å². The van der Waals surface area contributed by atoms with Crippen LogP contribution in [0.25, 0.3) is 0 Å². The first kappa shape index (κ1) is 12.0. The van der Waals surface area contributed by atoms with Crippen LogP contribution in [0.15, 0.2) is 6.33 Å². The summed E-state index contributed by atoms with van der Waals surface area (Å²) in [6.45, 7) is 8.26. The van der Waals surface area contributed by atoms with Crippen molar-refractivity contribution in [3.63, 3.8) is 0 Å². The molecule has 0 unspecified atom stereocenters. The summed E-state index contributed by atoms with van der Waals surface area (Å²) < 4.78 is 0. The molecule has 1 aliphatic rings. The van der Waals surface area contributed by atoms with Gasteiger partial charge >= 0.3 is 0 Å². The third kappa shape index (κ3) is 2.60. The van der Waals surface area contributed by atoms with Crippen LogP contribution in [0.3, 0.4) is 0 Å². The fourth-order valence-electron chi connectivity index (χ4n) is 2.04. The summed E-state index contributed by atoms with van der Waals surface area (Å²) in [7, 11) is 0. The van der Waals surface area contributed by atoms with Crippen molar-refractivity contribution in [1.29, 1.82) is 0 Å². The Kier molecular flexibility index (Phi) is 4.01. The molecule has 94 valence electrons. The monoisotopic (exact) mass is 235 g/mol. The number of anilines is 3. The van der Waals surface area contributed by atoms with E-state index in [0.29, 0.717) is 0 Å². The maximum absolute atomic E-state index is 4.43. The van der Waals surface area contributed by atoms with Gasteiger partial charge in [0, 0.05) is 26.2 Å². The molecule has 0 aliphatic carbocycles. The smallest absolute Gasteiger partial charge is 0.157 e. The van der Waals surface area contributed by atoms with Gasteiger partial charge in [0.25, 0.3) is 0 Å². The van der Waals surface area contributed by atoms with E-state index in [1.807, 2.05) is 0 Å². The van der Waals surface area contributed by atoms with Crippen LogP contribution in [-0.4, -0.2) is 36.1 Å². The van der Waals surface area contributed by atoms with Gasteiger partial charge in [-0.2, -0.15) is 0 Å². The number of hydrogen-bond donors (Lipinski definition) is 2. The SMILES string of the molecule is CCCCN(CC)c1ncnc2c1NCCN2. The lowest BCUT2D eigenvalue weighted by atomic mass is 10.2. The van der Waals surface area contributed by atoms with Crippen LogP contribution in [0.2, 0.25) is 0 Å². The Hall–Kier alpha value is -1.52. The number of hydrogen-bond acceptors (Lipinski definition) is 5. The van der Waals surface area contributed by atoms with Gasteiger partial charge in [-0.3, -0.25) is 0 Å². The molecule has 0 bridgehead atoms. The van der Waals surface area contributed by atoms with E-state index < -0.39 is 0 Å². The number of rotatable bonds is 5. The summed E-state index contributed by atoms with van der Waals surface area (Å²) in [5.41, 5.74) is 1.05. The van der Waals surface area contributed by atoms with Gasteiger partial charge in [0.1, 0.15) is 12.0 Å². The fraction of sp³-hybridized carbons (Fsp3) is 0.667. The molecule has 0 fully saturated rings.